The molecule has 0 saturated carbocycles. The van der Waals surface area contributed by atoms with Crippen LogP contribution in [0.3, 0.4) is 0 Å². The third-order valence-electron chi connectivity index (χ3n) is 4.76. The van der Waals surface area contributed by atoms with Gasteiger partial charge in [0.2, 0.25) is 0 Å². The van der Waals surface area contributed by atoms with Crippen molar-refractivity contribution in [3.63, 3.8) is 0 Å². The van der Waals surface area contributed by atoms with Crippen LogP contribution < -0.4 is 5.48 Å². The number of amides is 2. The van der Waals surface area contributed by atoms with E-state index in [0.717, 1.165) is 36.3 Å². The molecule has 1 aliphatic heterocycles. The maximum absolute atomic E-state index is 12.2. The highest BCUT2D eigenvalue weighted by Gasteiger charge is 2.22. The molecule has 0 aliphatic carbocycles. The fourth-order valence-electron chi connectivity index (χ4n) is 3.10. The molecule has 2 aromatic rings. The van der Waals surface area contributed by atoms with Crippen molar-refractivity contribution in [2.75, 3.05) is 26.2 Å². The Labute approximate surface area is 170 Å². The summed E-state index contributed by atoms with van der Waals surface area (Å²) in [6, 6.07) is 17.5. The zero-order chi connectivity index (χ0) is 20.5. The zero-order valence-electron chi connectivity index (χ0n) is 16.2. The minimum atomic E-state index is -0.561. The van der Waals surface area contributed by atoms with Crippen LogP contribution >= 0.6 is 0 Å². The predicted octanol–water partition coefficient (Wildman–Crippen LogP) is 2.66. The summed E-state index contributed by atoms with van der Waals surface area (Å²) in [5.41, 5.74) is 4.58. The zero-order valence-corrected chi connectivity index (χ0v) is 16.2. The summed E-state index contributed by atoms with van der Waals surface area (Å²) in [6.45, 7) is 3.96. The molecule has 0 spiro atoms. The monoisotopic (exact) mass is 395 g/mol. The first-order valence-corrected chi connectivity index (χ1v) is 9.53. The van der Waals surface area contributed by atoms with Gasteiger partial charge in [0.15, 0.2) is 0 Å². The van der Waals surface area contributed by atoms with E-state index in [9.17, 15) is 9.59 Å². The second-order valence-electron chi connectivity index (χ2n) is 6.85. The standard InChI is InChI=1S/C22H25N3O4/c26-21(23-28)11-10-18-6-8-19(9-7-18)16-24-12-14-25(15-13-24)22(27)29-17-20-4-2-1-3-5-20/h1-11,28H,12-17H2,(H,23,26)/b11-10+. The average molecular weight is 395 g/mol. The molecule has 0 radical (unpaired) electrons. The van der Waals surface area contributed by atoms with Crippen molar-refractivity contribution in [2.45, 2.75) is 13.2 Å². The number of carbonyl (C=O) groups is 2. The highest BCUT2D eigenvalue weighted by atomic mass is 16.6. The minimum absolute atomic E-state index is 0.267. The summed E-state index contributed by atoms with van der Waals surface area (Å²) in [4.78, 5) is 27.3. The maximum atomic E-state index is 12.2. The minimum Gasteiger partial charge on any atom is -0.445 e. The van der Waals surface area contributed by atoms with E-state index in [-0.39, 0.29) is 6.09 Å². The van der Waals surface area contributed by atoms with E-state index < -0.39 is 5.91 Å². The topological polar surface area (TPSA) is 82.1 Å². The van der Waals surface area contributed by atoms with Gasteiger partial charge in [-0.2, -0.15) is 0 Å². The molecule has 7 heteroatoms. The van der Waals surface area contributed by atoms with Gasteiger partial charge in [-0.05, 0) is 22.8 Å². The number of hydrogen-bond donors (Lipinski definition) is 2. The van der Waals surface area contributed by atoms with Crippen LogP contribution in [0.5, 0.6) is 0 Å². The highest BCUT2D eigenvalue weighted by Crippen LogP contribution is 2.12. The van der Waals surface area contributed by atoms with Crippen LogP contribution in [0.2, 0.25) is 0 Å². The van der Waals surface area contributed by atoms with E-state index in [4.69, 9.17) is 9.94 Å². The number of ether oxygens (including phenoxy) is 1. The number of piperazine rings is 1. The summed E-state index contributed by atoms with van der Waals surface area (Å²) in [6.07, 6.45) is 2.64. The number of rotatable bonds is 6. The third-order valence-corrected chi connectivity index (χ3v) is 4.76. The molecule has 3 rings (SSSR count). The fourth-order valence-corrected chi connectivity index (χ4v) is 3.10. The second-order valence-corrected chi connectivity index (χ2v) is 6.85. The van der Waals surface area contributed by atoms with Crippen LogP contribution in [-0.2, 0) is 22.7 Å². The van der Waals surface area contributed by atoms with Crippen molar-refractivity contribution >= 4 is 18.1 Å². The molecule has 7 nitrogen and oxygen atoms in total. The molecule has 2 aromatic carbocycles. The molecule has 1 aliphatic rings. The van der Waals surface area contributed by atoms with Gasteiger partial charge in [-0.1, -0.05) is 54.6 Å². The van der Waals surface area contributed by atoms with Crippen molar-refractivity contribution < 1.29 is 19.5 Å². The smallest absolute Gasteiger partial charge is 0.410 e. The quantitative estimate of drug-likeness (QED) is 0.446. The van der Waals surface area contributed by atoms with E-state index in [1.165, 1.54) is 6.08 Å². The Balaban J connectivity index is 1.42. The molecule has 1 saturated heterocycles. The number of carbonyl (C=O) groups excluding carboxylic acids is 2. The van der Waals surface area contributed by atoms with Crippen molar-refractivity contribution in [1.82, 2.24) is 15.3 Å². The molecular formula is C22H25N3O4. The average Bonchev–Trinajstić information content (AvgIpc) is 2.78. The van der Waals surface area contributed by atoms with Crippen LogP contribution in [-0.4, -0.2) is 53.2 Å². The Bertz CT molecular complexity index is 829. The van der Waals surface area contributed by atoms with Crippen LogP contribution in [0, 0.1) is 0 Å². The van der Waals surface area contributed by atoms with E-state index in [1.54, 1.807) is 16.5 Å². The molecule has 29 heavy (non-hydrogen) atoms. The van der Waals surface area contributed by atoms with Crippen LogP contribution in [0.25, 0.3) is 6.08 Å². The third kappa shape index (κ3) is 6.44. The van der Waals surface area contributed by atoms with E-state index in [1.807, 2.05) is 54.6 Å². The normalized spacial score (nSPS) is 14.7. The lowest BCUT2D eigenvalue weighted by molar-refractivity contribution is -0.124. The number of nitrogens with one attached hydrogen (secondary N) is 1. The van der Waals surface area contributed by atoms with Gasteiger partial charge in [-0.25, -0.2) is 10.3 Å². The molecule has 2 N–H and O–H groups in total. The van der Waals surface area contributed by atoms with Crippen molar-refractivity contribution in [2.24, 2.45) is 0 Å². The van der Waals surface area contributed by atoms with Crippen LogP contribution in [0.1, 0.15) is 16.7 Å². The Hall–Kier alpha value is -3.16. The predicted molar refractivity (Wildman–Crippen MR) is 109 cm³/mol. The molecule has 1 fully saturated rings. The van der Waals surface area contributed by atoms with Gasteiger partial charge < -0.3 is 9.64 Å². The molecular weight excluding hydrogens is 370 g/mol. The Morgan fingerprint density at radius 1 is 0.966 bits per heavy atom. The highest BCUT2D eigenvalue weighted by molar-refractivity contribution is 5.90. The van der Waals surface area contributed by atoms with Crippen molar-refractivity contribution in [3.05, 3.63) is 77.4 Å². The molecule has 152 valence electrons. The Morgan fingerprint density at radius 2 is 1.66 bits per heavy atom. The van der Waals surface area contributed by atoms with Crippen molar-refractivity contribution in [1.29, 1.82) is 0 Å². The van der Waals surface area contributed by atoms with Gasteiger partial charge in [0.25, 0.3) is 5.91 Å². The second kappa shape index (κ2) is 10.4. The van der Waals surface area contributed by atoms with E-state index in [0.29, 0.717) is 19.7 Å². The van der Waals surface area contributed by atoms with Crippen LogP contribution in [0.4, 0.5) is 4.79 Å². The summed E-state index contributed by atoms with van der Waals surface area (Å²) in [5, 5.41) is 8.49. The number of hydrogen-bond acceptors (Lipinski definition) is 5. The van der Waals surface area contributed by atoms with Gasteiger partial charge in [0, 0.05) is 38.8 Å². The van der Waals surface area contributed by atoms with Gasteiger partial charge in [0.1, 0.15) is 6.61 Å². The SMILES string of the molecule is O=C(/C=C/c1ccc(CN2CCN(C(=O)OCc3ccccc3)CC2)cc1)NO. The molecule has 0 unspecified atom stereocenters. The first kappa shape index (κ1) is 20.6. The summed E-state index contributed by atoms with van der Waals surface area (Å²) in [7, 11) is 0. The number of benzene rings is 2. The van der Waals surface area contributed by atoms with Crippen molar-refractivity contribution in [3.8, 4) is 0 Å². The van der Waals surface area contributed by atoms with Gasteiger partial charge >= 0.3 is 6.09 Å². The molecule has 1 heterocycles. The van der Waals surface area contributed by atoms with E-state index >= 15 is 0 Å². The first-order chi connectivity index (χ1) is 14.1. The fraction of sp³-hybridized carbons (Fsp3) is 0.273. The van der Waals surface area contributed by atoms with Gasteiger partial charge in [-0.15, -0.1) is 0 Å². The van der Waals surface area contributed by atoms with E-state index in [2.05, 4.69) is 4.90 Å². The molecule has 0 aromatic heterocycles. The lowest BCUT2D eigenvalue weighted by Gasteiger charge is -2.34. The largest absolute Gasteiger partial charge is 0.445 e. The summed E-state index contributed by atoms with van der Waals surface area (Å²) >= 11 is 0. The molecule has 0 bridgehead atoms. The lowest BCUT2D eigenvalue weighted by atomic mass is 10.1. The first-order valence-electron chi connectivity index (χ1n) is 9.53. The number of hydroxylamine groups is 1. The van der Waals surface area contributed by atoms with Crippen LogP contribution in [0.15, 0.2) is 60.7 Å². The maximum Gasteiger partial charge on any atom is 0.410 e. The lowest BCUT2D eigenvalue weighted by Crippen LogP contribution is -2.48. The van der Waals surface area contributed by atoms with Gasteiger partial charge in [-0.3, -0.25) is 14.9 Å². The molecule has 0 atom stereocenters. The Kier molecular flexibility index (Phi) is 7.38. The number of nitrogens with zero attached hydrogens (tertiary/aromatic N) is 2. The summed E-state index contributed by atoms with van der Waals surface area (Å²) in [5.74, 6) is -0.561. The van der Waals surface area contributed by atoms with Gasteiger partial charge in [0.05, 0.1) is 0 Å². The molecule has 2 amide bonds. The summed E-state index contributed by atoms with van der Waals surface area (Å²) < 4.78 is 5.40. The Morgan fingerprint density at radius 3 is 2.31 bits per heavy atom.